The number of ether oxygens (including phenoxy) is 2. The molecule has 0 radical (unpaired) electrons. The molecule has 2 rings (SSSR count). The van der Waals surface area contributed by atoms with E-state index in [1.54, 1.807) is 7.11 Å². The molecular weight excluding hydrogens is 262 g/mol. The van der Waals surface area contributed by atoms with Gasteiger partial charge in [-0.1, -0.05) is 43.3 Å². The Morgan fingerprint density at radius 1 is 1.10 bits per heavy atom. The number of rotatable bonds is 8. The molecule has 0 aliphatic rings. The van der Waals surface area contributed by atoms with Crippen LogP contribution in [-0.4, -0.2) is 44.9 Å². The second-order valence-electron chi connectivity index (χ2n) is 5.30. The topological polar surface area (TPSA) is 21.7 Å². The Kier molecular flexibility index (Phi) is 6.03. The Bertz CT molecular complexity index is 550. The van der Waals surface area contributed by atoms with E-state index in [2.05, 4.69) is 43.1 Å². The highest BCUT2D eigenvalue weighted by molar-refractivity contribution is 5.88. The summed E-state index contributed by atoms with van der Waals surface area (Å²) in [5.74, 6) is 0.961. The van der Waals surface area contributed by atoms with E-state index in [-0.39, 0.29) is 0 Å². The van der Waals surface area contributed by atoms with Crippen molar-refractivity contribution < 1.29 is 9.47 Å². The number of likely N-dealkylation sites (N-methyl/N-ethyl adjacent to an activating group) is 1. The van der Waals surface area contributed by atoms with Crippen molar-refractivity contribution >= 4 is 10.8 Å². The Balaban J connectivity index is 1.98. The number of nitrogens with zero attached hydrogens (tertiary/aromatic N) is 1. The zero-order valence-electron chi connectivity index (χ0n) is 13.2. The lowest BCUT2D eigenvalue weighted by Crippen LogP contribution is -2.36. The van der Waals surface area contributed by atoms with Gasteiger partial charge in [0.25, 0.3) is 0 Å². The van der Waals surface area contributed by atoms with Crippen molar-refractivity contribution in [1.82, 2.24) is 4.90 Å². The largest absolute Gasteiger partial charge is 0.493 e. The fourth-order valence-corrected chi connectivity index (χ4v) is 2.51. The zero-order valence-corrected chi connectivity index (χ0v) is 13.2. The first kappa shape index (κ1) is 15.8. The molecule has 0 aliphatic carbocycles. The molecule has 114 valence electrons. The molecule has 0 heterocycles. The van der Waals surface area contributed by atoms with Crippen molar-refractivity contribution in [1.29, 1.82) is 0 Å². The molecule has 3 heteroatoms. The molecule has 2 aromatic rings. The van der Waals surface area contributed by atoms with Crippen LogP contribution < -0.4 is 4.74 Å². The van der Waals surface area contributed by atoms with Gasteiger partial charge in [-0.25, -0.2) is 0 Å². The van der Waals surface area contributed by atoms with E-state index in [9.17, 15) is 0 Å². The van der Waals surface area contributed by atoms with Gasteiger partial charge in [0.05, 0.1) is 13.2 Å². The van der Waals surface area contributed by atoms with E-state index in [0.717, 1.165) is 25.3 Å². The van der Waals surface area contributed by atoms with E-state index in [1.165, 1.54) is 10.8 Å². The summed E-state index contributed by atoms with van der Waals surface area (Å²) in [5, 5.41) is 2.39. The molecule has 0 saturated carbocycles. The van der Waals surface area contributed by atoms with E-state index in [0.29, 0.717) is 12.6 Å². The Hall–Kier alpha value is -1.58. The summed E-state index contributed by atoms with van der Waals surface area (Å²) in [5.41, 5.74) is 0. The van der Waals surface area contributed by atoms with E-state index in [4.69, 9.17) is 9.47 Å². The van der Waals surface area contributed by atoms with Crippen LogP contribution in [0.15, 0.2) is 42.5 Å². The summed E-state index contributed by atoms with van der Waals surface area (Å²) in [6.45, 7) is 4.62. The van der Waals surface area contributed by atoms with Crippen LogP contribution in [0.5, 0.6) is 5.75 Å². The molecule has 0 saturated heterocycles. The summed E-state index contributed by atoms with van der Waals surface area (Å²) < 4.78 is 11.3. The van der Waals surface area contributed by atoms with Gasteiger partial charge in [-0.3, -0.25) is 0 Å². The first-order valence-corrected chi connectivity index (χ1v) is 7.56. The SMILES string of the molecule is CCN(C)C(CCOc1cccc2ccccc12)COC. The Labute approximate surface area is 127 Å². The lowest BCUT2D eigenvalue weighted by Gasteiger charge is -2.26. The second-order valence-corrected chi connectivity index (χ2v) is 5.30. The molecule has 21 heavy (non-hydrogen) atoms. The quantitative estimate of drug-likeness (QED) is 0.741. The maximum Gasteiger partial charge on any atom is 0.127 e. The summed E-state index contributed by atoms with van der Waals surface area (Å²) in [6, 6.07) is 14.9. The number of fused-ring (bicyclic) bond motifs is 1. The van der Waals surface area contributed by atoms with Gasteiger partial charge in [-0.2, -0.15) is 0 Å². The molecule has 0 N–H and O–H groups in total. The summed E-state index contributed by atoms with van der Waals surface area (Å²) in [7, 11) is 3.88. The first-order valence-electron chi connectivity index (χ1n) is 7.56. The minimum atomic E-state index is 0.398. The zero-order chi connectivity index (χ0) is 15.1. The van der Waals surface area contributed by atoms with Crippen LogP contribution in [-0.2, 0) is 4.74 Å². The van der Waals surface area contributed by atoms with Crippen LogP contribution in [0.25, 0.3) is 10.8 Å². The van der Waals surface area contributed by atoms with Gasteiger partial charge in [0, 0.05) is 18.5 Å². The van der Waals surface area contributed by atoms with E-state index >= 15 is 0 Å². The van der Waals surface area contributed by atoms with Crippen molar-refractivity contribution in [3.63, 3.8) is 0 Å². The van der Waals surface area contributed by atoms with Crippen LogP contribution in [0.2, 0.25) is 0 Å². The van der Waals surface area contributed by atoms with Crippen LogP contribution in [0.3, 0.4) is 0 Å². The average molecular weight is 287 g/mol. The number of hydrogen-bond acceptors (Lipinski definition) is 3. The molecule has 1 atom stereocenters. The van der Waals surface area contributed by atoms with Gasteiger partial charge in [0.2, 0.25) is 0 Å². The highest BCUT2D eigenvalue weighted by Crippen LogP contribution is 2.25. The third-order valence-corrected chi connectivity index (χ3v) is 3.94. The molecule has 0 aromatic heterocycles. The summed E-state index contributed by atoms with van der Waals surface area (Å²) in [4.78, 5) is 2.30. The van der Waals surface area contributed by atoms with Gasteiger partial charge >= 0.3 is 0 Å². The Morgan fingerprint density at radius 2 is 1.86 bits per heavy atom. The van der Waals surface area contributed by atoms with Gasteiger partial charge in [-0.05, 0) is 31.5 Å². The second kappa shape index (κ2) is 8.01. The molecule has 2 aromatic carbocycles. The monoisotopic (exact) mass is 287 g/mol. The molecule has 1 unspecified atom stereocenters. The first-order chi connectivity index (χ1) is 10.3. The van der Waals surface area contributed by atoms with Crippen molar-refractivity contribution in [2.45, 2.75) is 19.4 Å². The molecule has 0 fully saturated rings. The fraction of sp³-hybridized carbons (Fsp3) is 0.444. The molecule has 0 bridgehead atoms. The minimum absolute atomic E-state index is 0.398. The van der Waals surface area contributed by atoms with Crippen LogP contribution in [0.1, 0.15) is 13.3 Å². The van der Waals surface area contributed by atoms with Crippen molar-refractivity contribution in [3.8, 4) is 5.75 Å². The van der Waals surface area contributed by atoms with Gasteiger partial charge in [-0.15, -0.1) is 0 Å². The number of hydrogen-bond donors (Lipinski definition) is 0. The van der Waals surface area contributed by atoms with Crippen LogP contribution in [0.4, 0.5) is 0 Å². The van der Waals surface area contributed by atoms with E-state index < -0.39 is 0 Å². The maximum atomic E-state index is 6.01. The van der Waals surface area contributed by atoms with Gasteiger partial charge < -0.3 is 14.4 Å². The number of benzene rings is 2. The van der Waals surface area contributed by atoms with Gasteiger partial charge in [0.1, 0.15) is 5.75 Å². The standard InChI is InChI=1S/C18H25NO2/c1-4-19(2)16(14-20-3)12-13-21-18-11-7-9-15-8-5-6-10-17(15)18/h5-11,16H,4,12-14H2,1-3H3. The van der Waals surface area contributed by atoms with Crippen molar-refractivity contribution in [3.05, 3.63) is 42.5 Å². The average Bonchev–Trinajstić information content (AvgIpc) is 2.53. The maximum absolute atomic E-state index is 6.01. The summed E-state index contributed by atoms with van der Waals surface area (Å²) in [6.07, 6.45) is 0.960. The van der Waals surface area contributed by atoms with Crippen molar-refractivity contribution in [2.24, 2.45) is 0 Å². The highest BCUT2D eigenvalue weighted by Gasteiger charge is 2.13. The fourth-order valence-electron chi connectivity index (χ4n) is 2.51. The minimum Gasteiger partial charge on any atom is -0.493 e. The summed E-state index contributed by atoms with van der Waals surface area (Å²) >= 11 is 0. The van der Waals surface area contributed by atoms with Gasteiger partial charge in [0.15, 0.2) is 0 Å². The molecule has 0 amide bonds. The lowest BCUT2D eigenvalue weighted by atomic mass is 10.1. The molecule has 0 spiro atoms. The predicted octanol–water partition coefficient (Wildman–Crippen LogP) is 3.58. The number of methoxy groups -OCH3 is 1. The van der Waals surface area contributed by atoms with Crippen LogP contribution in [0, 0.1) is 0 Å². The predicted molar refractivity (Wildman–Crippen MR) is 88.0 cm³/mol. The normalized spacial score (nSPS) is 12.8. The Morgan fingerprint density at radius 3 is 2.62 bits per heavy atom. The highest BCUT2D eigenvalue weighted by atomic mass is 16.5. The molecular formula is C18H25NO2. The van der Waals surface area contributed by atoms with Crippen LogP contribution >= 0.6 is 0 Å². The smallest absolute Gasteiger partial charge is 0.127 e. The molecule has 3 nitrogen and oxygen atoms in total. The van der Waals surface area contributed by atoms with Crippen molar-refractivity contribution in [2.75, 3.05) is 33.9 Å². The lowest BCUT2D eigenvalue weighted by molar-refractivity contribution is 0.0941. The third-order valence-electron chi connectivity index (χ3n) is 3.94. The van der Waals surface area contributed by atoms with E-state index in [1.807, 2.05) is 18.2 Å². The third kappa shape index (κ3) is 4.19. The molecule has 0 aliphatic heterocycles.